The molecule has 0 saturated heterocycles. The minimum absolute atomic E-state index is 0.409. The quantitative estimate of drug-likeness (QED) is 0.811. The standard InChI is InChI=1S/C14H22Br2N2O/c1-2-7-18(11-5-3-10(17)4-6-11)9-12-8-13(15)14(16)19-12/h8,10-11H,2-7,9,17H2,1H3. The van der Waals surface area contributed by atoms with E-state index in [1.807, 2.05) is 0 Å². The Balaban J connectivity index is 1.99. The lowest BCUT2D eigenvalue weighted by molar-refractivity contribution is 0.132. The molecule has 1 heterocycles. The molecule has 19 heavy (non-hydrogen) atoms. The molecule has 1 aromatic heterocycles. The van der Waals surface area contributed by atoms with Crippen molar-refractivity contribution in [3.63, 3.8) is 0 Å². The van der Waals surface area contributed by atoms with Gasteiger partial charge in [0, 0.05) is 12.1 Å². The zero-order valence-corrected chi connectivity index (χ0v) is 14.5. The van der Waals surface area contributed by atoms with Gasteiger partial charge in [0.25, 0.3) is 0 Å². The molecule has 0 bridgehead atoms. The third-order valence-electron chi connectivity index (χ3n) is 3.82. The lowest BCUT2D eigenvalue weighted by Crippen LogP contribution is -2.40. The Kier molecular flexibility index (Phi) is 5.93. The summed E-state index contributed by atoms with van der Waals surface area (Å²) in [4.78, 5) is 2.55. The number of nitrogens with two attached hydrogens (primary N) is 1. The second-order valence-corrected chi connectivity index (χ2v) is 6.95. The van der Waals surface area contributed by atoms with Crippen LogP contribution in [0.3, 0.4) is 0 Å². The predicted octanol–water partition coefficient (Wildman–Crippen LogP) is 4.29. The normalized spacial score (nSPS) is 24.1. The molecular formula is C14H22Br2N2O. The number of halogens is 2. The Hall–Kier alpha value is 0.160. The molecule has 2 rings (SSSR count). The van der Waals surface area contributed by atoms with E-state index in [4.69, 9.17) is 10.2 Å². The minimum atomic E-state index is 0.409. The van der Waals surface area contributed by atoms with Crippen molar-refractivity contribution >= 4 is 31.9 Å². The van der Waals surface area contributed by atoms with E-state index >= 15 is 0 Å². The Morgan fingerprint density at radius 3 is 2.53 bits per heavy atom. The van der Waals surface area contributed by atoms with E-state index in [2.05, 4.69) is 49.7 Å². The number of rotatable bonds is 5. The number of hydrogen-bond donors (Lipinski definition) is 1. The zero-order chi connectivity index (χ0) is 13.8. The lowest BCUT2D eigenvalue weighted by Gasteiger charge is -2.35. The molecule has 0 aromatic carbocycles. The van der Waals surface area contributed by atoms with Crippen molar-refractivity contribution in [2.45, 2.75) is 57.7 Å². The molecule has 0 spiro atoms. The Bertz CT molecular complexity index is 381. The molecule has 1 saturated carbocycles. The number of hydrogen-bond acceptors (Lipinski definition) is 3. The highest BCUT2D eigenvalue weighted by atomic mass is 79.9. The third kappa shape index (κ3) is 4.31. The van der Waals surface area contributed by atoms with Gasteiger partial charge in [-0.3, -0.25) is 4.90 Å². The predicted molar refractivity (Wildman–Crippen MR) is 85.0 cm³/mol. The van der Waals surface area contributed by atoms with Gasteiger partial charge in [-0.25, -0.2) is 0 Å². The summed E-state index contributed by atoms with van der Waals surface area (Å²) in [5, 5.41) is 0. The van der Waals surface area contributed by atoms with Crippen molar-refractivity contribution in [1.82, 2.24) is 4.90 Å². The van der Waals surface area contributed by atoms with Crippen LogP contribution in [-0.4, -0.2) is 23.5 Å². The van der Waals surface area contributed by atoms with Crippen LogP contribution in [0.1, 0.15) is 44.8 Å². The molecule has 2 N–H and O–H groups in total. The maximum Gasteiger partial charge on any atom is 0.183 e. The van der Waals surface area contributed by atoms with Crippen LogP contribution >= 0.6 is 31.9 Å². The molecule has 3 nitrogen and oxygen atoms in total. The topological polar surface area (TPSA) is 42.4 Å². The van der Waals surface area contributed by atoms with E-state index in [0.29, 0.717) is 12.1 Å². The maximum atomic E-state index is 6.00. The van der Waals surface area contributed by atoms with E-state index < -0.39 is 0 Å². The number of furan rings is 1. The van der Waals surface area contributed by atoms with Gasteiger partial charge in [-0.1, -0.05) is 6.92 Å². The van der Waals surface area contributed by atoms with E-state index in [-0.39, 0.29) is 0 Å². The zero-order valence-electron chi connectivity index (χ0n) is 11.4. The summed E-state index contributed by atoms with van der Waals surface area (Å²) in [7, 11) is 0. The summed E-state index contributed by atoms with van der Waals surface area (Å²) in [6.45, 7) is 4.24. The van der Waals surface area contributed by atoms with Gasteiger partial charge in [0.15, 0.2) is 4.67 Å². The van der Waals surface area contributed by atoms with Gasteiger partial charge in [-0.2, -0.15) is 0 Å². The van der Waals surface area contributed by atoms with E-state index in [9.17, 15) is 0 Å². The van der Waals surface area contributed by atoms with Gasteiger partial charge in [0.2, 0.25) is 0 Å². The molecule has 0 aliphatic heterocycles. The lowest BCUT2D eigenvalue weighted by atomic mass is 9.90. The smallest absolute Gasteiger partial charge is 0.183 e. The first-order chi connectivity index (χ1) is 9.10. The van der Waals surface area contributed by atoms with E-state index in [1.165, 1.54) is 19.3 Å². The molecule has 108 valence electrons. The molecule has 0 amide bonds. The van der Waals surface area contributed by atoms with Crippen LogP contribution < -0.4 is 5.73 Å². The van der Waals surface area contributed by atoms with Gasteiger partial charge >= 0.3 is 0 Å². The summed E-state index contributed by atoms with van der Waals surface area (Å²) in [6, 6.07) is 3.12. The van der Waals surface area contributed by atoms with Crippen LogP contribution in [0.25, 0.3) is 0 Å². The van der Waals surface area contributed by atoms with Gasteiger partial charge in [-0.15, -0.1) is 0 Å². The Morgan fingerprint density at radius 2 is 2.00 bits per heavy atom. The average molecular weight is 394 g/mol. The molecule has 1 aliphatic rings. The highest BCUT2D eigenvalue weighted by Gasteiger charge is 2.24. The molecule has 5 heteroatoms. The van der Waals surface area contributed by atoms with Gasteiger partial charge in [0.1, 0.15) is 5.76 Å². The molecule has 1 fully saturated rings. The molecular weight excluding hydrogens is 372 g/mol. The van der Waals surface area contributed by atoms with Crippen LogP contribution in [0, 0.1) is 0 Å². The first-order valence-corrected chi connectivity index (χ1v) is 8.62. The number of nitrogens with zero attached hydrogens (tertiary/aromatic N) is 1. The largest absolute Gasteiger partial charge is 0.452 e. The third-order valence-corrected chi connectivity index (χ3v) is 5.53. The van der Waals surface area contributed by atoms with Crippen molar-refractivity contribution in [2.24, 2.45) is 5.73 Å². The maximum absolute atomic E-state index is 6.00. The van der Waals surface area contributed by atoms with Gasteiger partial charge in [0.05, 0.1) is 11.0 Å². The van der Waals surface area contributed by atoms with E-state index in [0.717, 1.165) is 40.8 Å². The van der Waals surface area contributed by atoms with E-state index in [1.54, 1.807) is 0 Å². The van der Waals surface area contributed by atoms with Crippen LogP contribution in [0.4, 0.5) is 0 Å². The SMILES string of the molecule is CCCN(Cc1cc(Br)c(Br)o1)C1CCC(N)CC1. The highest BCUT2D eigenvalue weighted by Crippen LogP contribution is 2.29. The molecule has 0 unspecified atom stereocenters. The van der Waals surface area contributed by atoms with Crippen LogP contribution in [-0.2, 0) is 6.54 Å². The fourth-order valence-electron chi connectivity index (χ4n) is 2.81. The summed E-state index contributed by atoms with van der Waals surface area (Å²) < 4.78 is 7.48. The molecule has 0 atom stereocenters. The molecule has 0 radical (unpaired) electrons. The highest BCUT2D eigenvalue weighted by molar-refractivity contribution is 9.13. The summed E-state index contributed by atoms with van der Waals surface area (Å²) in [6.07, 6.45) is 5.90. The van der Waals surface area contributed by atoms with Crippen LogP contribution in [0.2, 0.25) is 0 Å². The molecule has 1 aliphatic carbocycles. The monoisotopic (exact) mass is 392 g/mol. The fourth-order valence-corrected chi connectivity index (χ4v) is 3.47. The summed E-state index contributed by atoms with van der Waals surface area (Å²) in [5.74, 6) is 1.02. The Labute approximate surface area is 132 Å². The van der Waals surface area contributed by atoms with Crippen LogP contribution in [0.5, 0.6) is 0 Å². The van der Waals surface area contributed by atoms with Crippen molar-refractivity contribution in [3.05, 3.63) is 21.0 Å². The van der Waals surface area contributed by atoms with Crippen molar-refractivity contribution in [3.8, 4) is 0 Å². The van der Waals surface area contributed by atoms with Gasteiger partial charge in [-0.05, 0) is 76.6 Å². The van der Waals surface area contributed by atoms with Gasteiger partial charge < -0.3 is 10.2 Å². The first kappa shape index (κ1) is 15.5. The molecule has 1 aromatic rings. The second-order valence-electron chi connectivity index (χ2n) is 5.37. The summed E-state index contributed by atoms with van der Waals surface area (Å²) in [5.41, 5.74) is 6.00. The van der Waals surface area contributed by atoms with Crippen molar-refractivity contribution in [1.29, 1.82) is 0 Å². The Morgan fingerprint density at radius 1 is 1.32 bits per heavy atom. The van der Waals surface area contributed by atoms with Crippen molar-refractivity contribution in [2.75, 3.05) is 6.54 Å². The average Bonchev–Trinajstić information content (AvgIpc) is 2.69. The second kappa shape index (κ2) is 7.25. The fraction of sp³-hybridized carbons (Fsp3) is 0.714. The van der Waals surface area contributed by atoms with Crippen molar-refractivity contribution < 1.29 is 4.42 Å². The minimum Gasteiger partial charge on any atom is -0.452 e. The summed E-state index contributed by atoms with van der Waals surface area (Å²) >= 11 is 6.87. The first-order valence-electron chi connectivity index (χ1n) is 7.03. The van der Waals surface area contributed by atoms with Crippen LogP contribution in [0.15, 0.2) is 19.6 Å².